The summed E-state index contributed by atoms with van der Waals surface area (Å²) in [6.45, 7) is 1.86. The summed E-state index contributed by atoms with van der Waals surface area (Å²) in [6, 6.07) is 4.79. The molecule has 4 nitrogen and oxygen atoms in total. The molecule has 82 valence electrons. The van der Waals surface area contributed by atoms with Crippen molar-refractivity contribution in [1.82, 2.24) is 10.8 Å². The van der Waals surface area contributed by atoms with Crippen LogP contribution in [0.2, 0.25) is 0 Å². The number of hydrogen-bond acceptors (Lipinski definition) is 4. The maximum absolute atomic E-state index is 13.4. The lowest BCUT2D eigenvalue weighted by molar-refractivity contribution is 0.0327. The van der Waals surface area contributed by atoms with Gasteiger partial charge in [-0.05, 0) is 13.0 Å². The highest BCUT2D eigenvalue weighted by Crippen LogP contribution is 2.28. The van der Waals surface area contributed by atoms with Crippen molar-refractivity contribution < 1.29 is 14.0 Å². The molecule has 1 unspecified atom stereocenters. The lowest BCUT2D eigenvalue weighted by Crippen LogP contribution is -2.24. The molecule has 1 aliphatic heterocycles. The maximum atomic E-state index is 13.4. The molecule has 0 amide bonds. The van der Waals surface area contributed by atoms with Crippen molar-refractivity contribution in [2.75, 3.05) is 7.11 Å². The van der Waals surface area contributed by atoms with Gasteiger partial charge in [-0.1, -0.05) is 12.1 Å². The minimum absolute atomic E-state index is 0.108. The molecule has 1 heterocycles. The molecule has 5 heteroatoms. The second kappa shape index (κ2) is 4.14. The summed E-state index contributed by atoms with van der Waals surface area (Å²) in [7, 11) is 1.45. The third kappa shape index (κ3) is 1.94. The van der Waals surface area contributed by atoms with Crippen LogP contribution >= 0.6 is 0 Å². The van der Waals surface area contributed by atoms with E-state index >= 15 is 0 Å². The van der Waals surface area contributed by atoms with Gasteiger partial charge in [0.1, 0.15) is 12.4 Å². The molecular formula is C10H13FN2O2. The Hall–Kier alpha value is -1.17. The molecule has 1 saturated heterocycles. The minimum Gasteiger partial charge on any atom is -0.493 e. The predicted octanol–water partition coefficient (Wildman–Crippen LogP) is 1.30. The summed E-state index contributed by atoms with van der Waals surface area (Å²) in [4.78, 5) is 5.12. The zero-order chi connectivity index (χ0) is 10.8. The molecule has 1 aromatic carbocycles. The molecule has 2 atom stereocenters. The topological polar surface area (TPSA) is 42.5 Å². The maximum Gasteiger partial charge on any atom is 0.165 e. The number of hydroxylamine groups is 1. The van der Waals surface area contributed by atoms with Gasteiger partial charge in [0, 0.05) is 5.56 Å². The molecule has 1 aromatic rings. The van der Waals surface area contributed by atoms with Crippen LogP contribution in [-0.4, -0.2) is 13.3 Å². The molecule has 1 fully saturated rings. The number of para-hydroxylation sites is 1. The molecular weight excluding hydrogens is 199 g/mol. The molecule has 0 radical (unpaired) electrons. The fourth-order valence-corrected chi connectivity index (χ4v) is 1.59. The molecule has 2 rings (SSSR count). The number of ether oxygens (including phenoxy) is 1. The molecule has 15 heavy (non-hydrogen) atoms. The van der Waals surface area contributed by atoms with Crippen LogP contribution < -0.4 is 15.5 Å². The van der Waals surface area contributed by atoms with Crippen LogP contribution in [-0.2, 0) is 4.84 Å². The van der Waals surface area contributed by atoms with E-state index in [1.54, 1.807) is 12.1 Å². The van der Waals surface area contributed by atoms with Crippen molar-refractivity contribution in [3.8, 4) is 5.75 Å². The molecule has 0 spiro atoms. The monoisotopic (exact) mass is 212 g/mol. The molecule has 0 aliphatic carbocycles. The Morgan fingerprint density at radius 1 is 1.47 bits per heavy atom. The molecule has 1 aliphatic rings. The molecule has 0 aromatic heterocycles. The van der Waals surface area contributed by atoms with Crippen molar-refractivity contribution in [2.45, 2.75) is 19.3 Å². The van der Waals surface area contributed by atoms with E-state index in [9.17, 15) is 4.39 Å². The Labute approximate surface area is 87.3 Å². The van der Waals surface area contributed by atoms with Crippen molar-refractivity contribution in [3.63, 3.8) is 0 Å². The zero-order valence-corrected chi connectivity index (χ0v) is 8.58. The normalized spacial score (nSPS) is 25.5. The second-order valence-electron chi connectivity index (χ2n) is 3.34. The average Bonchev–Trinajstić information content (AvgIpc) is 2.64. The van der Waals surface area contributed by atoms with Crippen LogP contribution in [0.3, 0.4) is 0 Å². The lowest BCUT2D eigenvalue weighted by Gasteiger charge is -2.14. The van der Waals surface area contributed by atoms with Crippen LogP contribution in [0.15, 0.2) is 18.2 Å². The minimum atomic E-state index is -0.377. The SMILES string of the molecule is COc1c(F)cccc1C1NO[C@@H](C)N1. The first-order valence-corrected chi connectivity index (χ1v) is 4.72. The summed E-state index contributed by atoms with van der Waals surface area (Å²) in [5.41, 5.74) is 3.46. The number of benzene rings is 1. The molecule has 2 N–H and O–H groups in total. The smallest absolute Gasteiger partial charge is 0.165 e. The fourth-order valence-electron chi connectivity index (χ4n) is 1.59. The van der Waals surface area contributed by atoms with E-state index in [2.05, 4.69) is 10.8 Å². The second-order valence-corrected chi connectivity index (χ2v) is 3.34. The van der Waals surface area contributed by atoms with E-state index in [-0.39, 0.29) is 24.0 Å². The van der Waals surface area contributed by atoms with E-state index in [0.717, 1.165) is 0 Å². The number of nitrogens with one attached hydrogen (secondary N) is 2. The molecule has 0 bridgehead atoms. The van der Waals surface area contributed by atoms with Crippen molar-refractivity contribution in [3.05, 3.63) is 29.6 Å². The highest BCUT2D eigenvalue weighted by molar-refractivity contribution is 5.37. The average molecular weight is 212 g/mol. The Bertz CT molecular complexity index is 359. The van der Waals surface area contributed by atoms with Gasteiger partial charge in [-0.2, -0.15) is 5.48 Å². The van der Waals surface area contributed by atoms with Crippen LogP contribution in [0.4, 0.5) is 4.39 Å². The van der Waals surface area contributed by atoms with Gasteiger partial charge in [-0.15, -0.1) is 0 Å². The first kappa shape index (κ1) is 10.4. The van der Waals surface area contributed by atoms with E-state index in [1.165, 1.54) is 13.2 Å². The van der Waals surface area contributed by atoms with Crippen LogP contribution in [0.5, 0.6) is 5.75 Å². The van der Waals surface area contributed by atoms with Gasteiger partial charge in [-0.3, -0.25) is 10.2 Å². The Kier molecular flexibility index (Phi) is 2.86. The van der Waals surface area contributed by atoms with Crippen LogP contribution in [0, 0.1) is 5.82 Å². The highest BCUT2D eigenvalue weighted by atomic mass is 19.1. The van der Waals surface area contributed by atoms with Gasteiger partial charge in [0.2, 0.25) is 0 Å². The Balaban J connectivity index is 2.31. The van der Waals surface area contributed by atoms with E-state index in [4.69, 9.17) is 9.57 Å². The summed E-state index contributed by atoms with van der Waals surface area (Å²) in [6.07, 6.45) is -0.353. The van der Waals surface area contributed by atoms with Crippen LogP contribution in [0.25, 0.3) is 0 Å². The zero-order valence-electron chi connectivity index (χ0n) is 8.58. The van der Waals surface area contributed by atoms with E-state index < -0.39 is 0 Å². The number of hydrogen-bond donors (Lipinski definition) is 2. The Morgan fingerprint density at radius 3 is 2.87 bits per heavy atom. The van der Waals surface area contributed by atoms with Gasteiger partial charge >= 0.3 is 0 Å². The Morgan fingerprint density at radius 2 is 2.27 bits per heavy atom. The van der Waals surface area contributed by atoms with E-state index in [0.29, 0.717) is 5.56 Å². The van der Waals surface area contributed by atoms with Gasteiger partial charge in [0.15, 0.2) is 11.6 Å². The van der Waals surface area contributed by atoms with Gasteiger partial charge in [0.05, 0.1) is 7.11 Å². The predicted molar refractivity (Wildman–Crippen MR) is 52.5 cm³/mol. The first-order chi connectivity index (χ1) is 7.22. The number of methoxy groups -OCH3 is 1. The van der Waals surface area contributed by atoms with E-state index in [1.807, 2.05) is 6.92 Å². The number of halogens is 1. The lowest BCUT2D eigenvalue weighted by atomic mass is 10.1. The molecule has 0 saturated carbocycles. The standard InChI is InChI=1S/C10H13FN2O2/c1-6-12-10(13-15-6)7-4-3-5-8(11)9(7)14-2/h3-6,10,12-13H,1-2H3/t6-,10?/m0/s1. The van der Waals surface area contributed by atoms with Crippen molar-refractivity contribution in [1.29, 1.82) is 0 Å². The fraction of sp³-hybridized carbons (Fsp3) is 0.400. The third-order valence-corrected chi connectivity index (χ3v) is 2.28. The van der Waals surface area contributed by atoms with Crippen LogP contribution in [0.1, 0.15) is 18.7 Å². The summed E-state index contributed by atoms with van der Waals surface area (Å²) >= 11 is 0. The summed E-state index contributed by atoms with van der Waals surface area (Å²) in [5, 5.41) is 3.09. The highest BCUT2D eigenvalue weighted by Gasteiger charge is 2.25. The van der Waals surface area contributed by atoms with Gasteiger partial charge in [-0.25, -0.2) is 4.39 Å². The van der Waals surface area contributed by atoms with Crippen molar-refractivity contribution in [2.24, 2.45) is 0 Å². The summed E-state index contributed by atoms with van der Waals surface area (Å²) < 4.78 is 18.4. The quantitative estimate of drug-likeness (QED) is 0.775. The summed E-state index contributed by atoms with van der Waals surface area (Å²) in [5.74, 6) is -0.140. The van der Waals surface area contributed by atoms with Gasteiger partial charge in [0.25, 0.3) is 0 Å². The first-order valence-electron chi connectivity index (χ1n) is 4.72. The van der Waals surface area contributed by atoms with Gasteiger partial charge < -0.3 is 4.74 Å². The largest absolute Gasteiger partial charge is 0.493 e. The third-order valence-electron chi connectivity index (χ3n) is 2.28. The van der Waals surface area contributed by atoms with Crippen molar-refractivity contribution >= 4 is 0 Å². The number of rotatable bonds is 2.